The van der Waals surface area contributed by atoms with E-state index in [-0.39, 0.29) is 5.75 Å². The molecule has 1 fully saturated rings. The summed E-state index contributed by atoms with van der Waals surface area (Å²) in [6.45, 7) is 0.170. The van der Waals surface area contributed by atoms with Crippen molar-refractivity contribution in [3.8, 4) is 5.75 Å². The standard InChI is InChI=1S/C21H21F2N7O2/c22-19(23)32-17-5-3-4-15(12-17)27-21(31)28-16-13-25-20(26-14-16)30-10-8-29(9-11-30)18-6-1-2-7-24-18/h1-7,12-14,19H,8-11H2,(H2,27,28,31). The SMILES string of the molecule is O=C(Nc1cnc(N2CCN(c3ccccn3)CC2)nc1)Nc1cccc(OC(F)F)c1. The summed E-state index contributed by atoms with van der Waals surface area (Å²) in [7, 11) is 0. The Labute approximate surface area is 183 Å². The predicted octanol–water partition coefficient (Wildman–Crippen LogP) is 3.44. The largest absolute Gasteiger partial charge is 0.435 e. The summed E-state index contributed by atoms with van der Waals surface area (Å²) in [4.78, 5) is 29.5. The smallest absolute Gasteiger partial charge is 0.387 e. The predicted molar refractivity (Wildman–Crippen MR) is 116 cm³/mol. The van der Waals surface area contributed by atoms with Crippen LogP contribution in [-0.4, -0.2) is 53.8 Å². The number of hydrogen-bond donors (Lipinski definition) is 2. The lowest BCUT2D eigenvalue weighted by Crippen LogP contribution is -2.47. The van der Waals surface area contributed by atoms with Crippen LogP contribution in [0.1, 0.15) is 0 Å². The fraction of sp³-hybridized carbons (Fsp3) is 0.238. The van der Waals surface area contributed by atoms with Crippen molar-refractivity contribution >= 4 is 29.2 Å². The van der Waals surface area contributed by atoms with E-state index in [1.54, 1.807) is 12.3 Å². The summed E-state index contributed by atoms with van der Waals surface area (Å²) >= 11 is 0. The topological polar surface area (TPSA) is 95.5 Å². The Hall–Kier alpha value is -4.02. The molecule has 3 heterocycles. The van der Waals surface area contributed by atoms with Gasteiger partial charge < -0.3 is 25.2 Å². The number of rotatable bonds is 6. The summed E-state index contributed by atoms with van der Waals surface area (Å²) < 4.78 is 29.0. The van der Waals surface area contributed by atoms with E-state index in [1.165, 1.54) is 30.6 Å². The van der Waals surface area contributed by atoms with Crippen molar-refractivity contribution in [2.75, 3.05) is 46.6 Å². The van der Waals surface area contributed by atoms with Gasteiger partial charge in [0.2, 0.25) is 5.95 Å². The highest BCUT2D eigenvalue weighted by Gasteiger charge is 2.19. The molecule has 11 heteroatoms. The zero-order valence-electron chi connectivity index (χ0n) is 17.0. The van der Waals surface area contributed by atoms with E-state index in [0.29, 0.717) is 17.3 Å². The molecule has 0 spiro atoms. The summed E-state index contributed by atoms with van der Waals surface area (Å²) in [6.07, 6.45) is 4.81. The first-order valence-electron chi connectivity index (χ1n) is 9.93. The molecule has 32 heavy (non-hydrogen) atoms. The van der Waals surface area contributed by atoms with Gasteiger partial charge in [0.1, 0.15) is 11.6 Å². The van der Waals surface area contributed by atoms with E-state index in [0.717, 1.165) is 32.0 Å². The molecular weight excluding hydrogens is 420 g/mol. The van der Waals surface area contributed by atoms with Crippen LogP contribution in [0.25, 0.3) is 0 Å². The molecule has 0 unspecified atom stereocenters. The molecule has 2 N–H and O–H groups in total. The molecule has 4 rings (SSSR count). The molecule has 0 aliphatic carbocycles. The van der Waals surface area contributed by atoms with Crippen LogP contribution in [0.2, 0.25) is 0 Å². The quantitative estimate of drug-likeness (QED) is 0.605. The van der Waals surface area contributed by atoms with Gasteiger partial charge in [-0.25, -0.2) is 19.7 Å². The Balaban J connectivity index is 1.29. The van der Waals surface area contributed by atoms with Gasteiger partial charge in [-0.3, -0.25) is 0 Å². The van der Waals surface area contributed by atoms with Gasteiger partial charge in [-0.15, -0.1) is 0 Å². The highest BCUT2D eigenvalue weighted by atomic mass is 19.3. The van der Waals surface area contributed by atoms with Crippen molar-refractivity contribution in [1.29, 1.82) is 0 Å². The number of ether oxygens (including phenoxy) is 1. The zero-order valence-corrected chi connectivity index (χ0v) is 17.0. The second-order valence-corrected chi connectivity index (χ2v) is 6.92. The first kappa shape index (κ1) is 21.2. The third-order valence-corrected chi connectivity index (χ3v) is 4.75. The van der Waals surface area contributed by atoms with Crippen molar-refractivity contribution < 1.29 is 18.3 Å². The first-order chi connectivity index (χ1) is 15.6. The number of anilines is 4. The van der Waals surface area contributed by atoms with E-state index in [1.807, 2.05) is 18.2 Å². The molecular formula is C21H21F2N7O2. The summed E-state index contributed by atoms with van der Waals surface area (Å²) in [5, 5.41) is 5.16. The number of pyridine rings is 1. The van der Waals surface area contributed by atoms with Gasteiger partial charge in [-0.1, -0.05) is 12.1 Å². The lowest BCUT2D eigenvalue weighted by molar-refractivity contribution is -0.0497. The Morgan fingerprint density at radius 2 is 1.62 bits per heavy atom. The van der Waals surface area contributed by atoms with Crippen molar-refractivity contribution in [3.63, 3.8) is 0 Å². The molecule has 3 aromatic rings. The monoisotopic (exact) mass is 441 g/mol. The van der Waals surface area contributed by atoms with E-state index >= 15 is 0 Å². The maximum atomic E-state index is 12.3. The molecule has 0 radical (unpaired) electrons. The Morgan fingerprint density at radius 1 is 0.906 bits per heavy atom. The van der Waals surface area contributed by atoms with Gasteiger partial charge in [0.05, 0.1) is 18.1 Å². The Bertz CT molecular complexity index is 1030. The molecule has 0 atom stereocenters. The van der Waals surface area contributed by atoms with E-state index in [2.05, 4.69) is 40.1 Å². The van der Waals surface area contributed by atoms with Crippen LogP contribution in [-0.2, 0) is 0 Å². The lowest BCUT2D eigenvalue weighted by atomic mass is 10.3. The number of aromatic nitrogens is 3. The average Bonchev–Trinajstić information content (AvgIpc) is 2.80. The molecule has 9 nitrogen and oxygen atoms in total. The summed E-state index contributed by atoms with van der Waals surface area (Å²) in [5.41, 5.74) is 0.710. The van der Waals surface area contributed by atoms with Crippen LogP contribution in [0.5, 0.6) is 5.75 Å². The van der Waals surface area contributed by atoms with Crippen LogP contribution >= 0.6 is 0 Å². The summed E-state index contributed by atoms with van der Waals surface area (Å²) in [5.74, 6) is 1.48. The number of hydrogen-bond acceptors (Lipinski definition) is 7. The van der Waals surface area contributed by atoms with Crippen molar-refractivity contribution in [1.82, 2.24) is 15.0 Å². The van der Waals surface area contributed by atoms with Crippen LogP contribution in [0.3, 0.4) is 0 Å². The minimum atomic E-state index is -2.94. The molecule has 1 aromatic carbocycles. The third kappa shape index (κ3) is 5.56. The van der Waals surface area contributed by atoms with E-state index in [9.17, 15) is 13.6 Å². The molecule has 0 bridgehead atoms. The highest BCUT2D eigenvalue weighted by molar-refractivity contribution is 5.99. The number of amides is 2. The molecule has 0 saturated carbocycles. The highest BCUT2D eigenvalue weighted by Crippen LogP contribution is 2.20. The number of nitrogens with one attached hydrogen (secondary N) is 2. The lowest BCUT2D eigenvalue weighted by Gasteiger charge is -2.35. The molecule has 1 aliphatic heterocycles. The van der Waals surface area contributed by atoms with Gasteiger partial charge in [-0.05, 0) is 24.3 Å². The fourth-order valence-electron chi connectivity index (χ4n) is 3.27. The van der Waals surface area contributed by atoms with Gasteiger partial charge in [-0.2, -0.15) is 8.78 Å². The van der Waals surface area contributed by atoms with Gasteiger partial charge in [0, 0.05) is 44.1 Å². The van der Waals surface area contributed by atoms with Crippen molar-refractivity contribution in [2.45, 2.75) is 6.61 Å². The van der Waals surface area contributed by atoms with E-state index < -0.39 is 12.6 Å². The van der Waals surface area contributed by atoms with Crippen molar-refractivity contribution in [2.24, 2.45) is 0 Å². The minimum absolute atomic E-state index is 0.0476. The number of alkyl halides is 2. The Morgan fingerprint density at radius 3 is 2.31 bits per heavy atom. The minimum Gasteiger partial charge on any atom is -0.435 e. The second kappa shape index (κ2) is 9.86. The van der Waals surface area contributed by atoms with Crippen LogP contribution in [0.15, 0.2) is 61.1 Å². The van der Waals surface area contributed by atoms with Crippen LogP contribution in [0, 0.1) is 0 Å². The molecule has 1 aliphatic rings. The van der Waals surface area contributed by atoms with E-state index in [4.69, 9.17) is 0 Å². The molecule has 1 saturated heterocycles. The number of carbonyl (C=O) groups excluding carboxylic acids is 1. The van der Waals surface area contributed by atoms with Gasteiger partial charge in [0.25, 0.3) is 0 Å². The number of halogens is 2. The van der Waals surface area contributed by atoms with Crippen LogP contribution in [0.4, 0.5) is 36.7 Å². The maximum Gasteiger partial charge on any atom is 0.387 e. The first-order valence-corrected chi connectivity index (χ1v) is 9.93. The summed E-state index contributed by atoms with van der Waals surface area (Å²) in [6, 6.07) is 11.0. The molecule has 2 amide bonds. The van der Waals surface area contributed by atoms with Crippen LogP contribution < -0.4 is 25.2 Å². The van der Waals surface area contributed by atoms with Gasteiger partial charge in [0.15, 0.2) is 0 Å². The Kier molecular flexibility index (Phi) is 6.54. The fourth-order valence-corrected chi connectivity index (χ4v) is 3.27. The number of urea groups is 1. The van der Waals surface area contributed by atoms with Crippen molar-refractivity contribution in [3.05, 3.63) is 61.1 Å². The number of benzene rings is 1. The van der Waals surface area contributed by atoms with Gasteiger partial charge >= 0.3 is 12.6 Å². The molecule has 2 aromatic heterocycles. The average molecular weight is 441 g/mol. The normalized spacial score (nSPS) is 13.7. The number of nitrogens with zero attached hydrogens (tertiary/aromatic N) is 5. The third-order valence-electron chi connectivity index (χ3n) is 4.75. The second-order valence-electron chi connectivity index (χ2n) is 6.92. The number of piperazine rings is 1. The zero-order chi connectivity index (χ0) is 22.3. The maximum absolute atomic E-state index is 12.3. The molecule has 166 valence electrons. The number of carbonyl (C=O) groups is 1.